The number of aliphatic hydroxyl groups excluding tert-OH is 1. The Morgan fingerprint density at radius 2 is 2.11 bits per heavy atom. The van der Waals surface area contributed by atoms with Crippen LogP contribution in [-0.2, 0) is 20.7 Å². The van der Waals surface area contributed by atoms with Crippen LogP contribution in [0.25, 0.3) is 11.4 Å². The molecule has 9 nitrogen and oxygen atoms in total. The van der Waals surface area contributed by atoms with Gasteiger partial charge in [0.1, 0.15) is 24.1 Å². The number of hydrogen-bond donors (Lipinski definition) is 2. The molecule has 28 heavy (non-hydrogen) atoms. The predicted octanol–water partition coefficient (Wildman–Crippen LogP) is 0.711. The topological polar surface area (TPSA) is 116 Å². The molecule has 3 heterocycles. The normalized spacial score (nSPS) is 26.2. The number of fused-ring (bicyclic) bond motifs is 1. The van der Waals surface area contributed by atoms with E-state index in [-0.39, 0.29) is 30.8 Å². The smallest absolute Gasteiger partial charge is 0.226 e. The lowest BCUT2D eigenvalue weighted by Gasteiger charge is -2.17. The van der Waals surface area contributed by atoms with Crippen LogP contribution >= 0.6 is 0 Å². The monoisotopic (exact) mass is 389 g/mol. The minimum Gasteiger partial charge on any atom is -0.496 e. The number of carbonyl (C=O) groups is 1. The highest BCUT2D eigenvalue weighted by molar-refractivity contribution is 5.76. The van der Waals surface area contributed by atoms with E-state index in [1.807, 2.05) is 24.3 Å². The molecule has 2 aromatic rings. The van der Waals surface area contributed by atoms with Crippen LogP contribution in [0.2, 0.25) is 0 Å². The van der Waals surface area contributed by atoms with Gasteiger partial charge in [0.25, 0.3) is 0 Å². The number of nitrogens with one attached hydrogen (secondary N) is 1. The molecular weight excluding hydrogens is 366 g/mol. The summed E-state index contributed by atoms with van der Waals surface area (Å²) in [6, 6.07) is 7.22. The molecule has 9 heteroatoms. The van der Waals surface area contributed by atoms with Crippen molar-refractivity contribution in [3.8, 4) is 17.1 Å². The molecule has 1 aromatic heterocycles. The van der Waals surface area contributed by atoms with Gasteiger partial charge in [-0.1, -0.05) is 17.3 Å². The number of methoxy groups -OCH3 is 1. The van der Waals surface area contributed by atoms with Crippen LogP contribution in [0.15, 0.2) is 28.8 Å². The first-order valence-corrected chi connectivity index (χ1v) is 9.32. The Balaban J connectivity index is 1.26. The molecule has 0 unspecified atom stereocenters. The molecule has 2 fully saturated rings. The summed E-state index contributed by atoms with van der Waals surface area (Å²) < 4.78 is 21.6. The highest BCUT2D eigenvalue weighted by Crippen LogP contribution is 2.28. The van der Waals surface area contributed by atoms with E-state index >= 15 is 0 Å². The molecule has 2 aliphatic rings. The minimum atomic E-state index is -0.623. The summed E-state index contributed by atoms with van der Waals surface area (Å²) in [5.41, 5.74) is 0.757. The summed E-state index contributed by atoms with van der Waals surface area (Å²) in [7, 11) is 1.59. The van der Waals surface area contributed by atoms with E-state index in [1.165, 1.54) is 0 Å². The third-order valence-corrected chi connectivity index (χ3v) is 4.98. The summed E-state index contributed by atoms with van der Waals surface area (Å²) >= 11 is 0. The van der Waals surface area contributed by atoms with Gasteiger partial charge in [-0.3, -0.25) is 4.79 Å². The summed E-state index contributed by atoms with van der Waals surface area (Å²) in [5.74, 6) is 1.51. The van der Waals surface area contributed by atoms with Crippen molar-refractivity contribution in [2.45, 2.75) is 43.6 Å². The number of amides is 1. The maximum atomic E-state index is 12.2. The number of hydrogen-bond acceptors (Lipinski definition) is 8. The number of aliphatic hydroxyl groups is 1. The van der Waals surface area contributed by atoms with E-state index in [9.17, 15) is 9.90 Å². The van der Waals surface area contributed by atoms with Crippen LogP contribution < -0.4 is 10.1 Å². The van der Waals surface area contributed by atoms with E-state index in [1.54, 1.807) is 7.11 Å². The lowest BCUT2D eigenvalue weighted by atomic mass is 10.1. The second-order valence-electron chi connectivity index (χ2n) is 6.90. The first-order valence-electron chi connectivity index (χ1n) is 9.32. The third-order valence-electron chi connectivity index (χ3n) is 4.98. The molecule has 2 aliphatic heterocycles. The van der Waals surface area contributed by atoms with Gasteiger partial charge in [-0.05, 0) is 18.6 Å². The Hall–Kier alpha value is -2.49. The molecule has 2 saturated heterocycles. The van der Waals surface area contributed by atoms with E-state index in [0.717, 1.165) is 5.56 Å². The van der Waals surface area contributed by atoms with Crippen LogP contribution in [0.1, 0.15) is 18.7 Å². The zero-order valence-electron chi connectivity index (χ0n) is 15.5. The first kappa shape index (κ1) is 18.9. The second-order valence-corrected chi connectivity index (χ2v) is 6.90. The molecule has 1 aromatic carbocycles. The number of aryl methyl sites for hydroxylation is 1. The predicted molar refractivity (Wildman–Crippen MR) is 96.6 cm³/mol. The molecular formula is C19H23N3O6. The van der Waals surface area contributed by atoms with E-state index < -0.39 is 6.10 Å². The second kappa shape index (κ2) is 8.26. The van der Waals surface area contributed by atoms with Crippen LogP contribution in [0.4, 0.5) is 0 Å². The molecule has 0 bridgehead atoms. The van der Waals surface area contributed by atoms with Gasteiger partial charge in [0.05, 0.1) is 31.9 Å². The maximum absolute atomic E-state index is 12.2. The third kappa shape index (κ3) is 3.87. The average Bonchev–Trinajstić information content (AvgIpc) is 3.41. The standard InChI is InChI=1S/C19H23N3O6/c1-25-14-6-3-2-5-11(14)19-21-16(28-22-19)8-4-7-15(24)20-12-9-26-18-13(23)10-27-17(12)18/h2-3,5-6,12-13,17-18,23H,4,7-10H2,1H3,(H,20,24)/t12-,13-,17+,18+/m0/s1. The first-order chi connectivity index (χ1) is 13.7. The number of nitrogens with zero attached hydrogens (tertiary/aromatic N) is 2. The summed E-state index contributed by atoms with van der Waals surface area (Å²) in [4.78, 5) is 16.6. The lowest BCUT2D eigenvalue weighted by Crippen LogP contribution is -2.44. The molecule has 0 saturated carbocycles. The summed E-state index contributed by atoms with van der Waals surface area (Å²) in [6.45, 7) is 0.595. The Morgan fingerprint density at radius 3 is 2.96 bits per heavy atom. The van der Waals surface area contributed by atoms with Gasteiger partial charge in [-0.25, -0.2) is 0 Å². The van der Waals surface area contributed by atoms with Crippen LogP contribution in [-0.4, -0.2) is 65.8 Å². The van der Waals surface area contributed by atoms with Gasteiger partial charge >= 0.3 is 0 Å². The molecule has 2 N–H and O–H groups in total. The van der Waals surface area contributed by atoms with Crippen molar-refractivity contribution in [2.24, 2.45) is 0 Å². The van der Waals surface area contributed by atoms with E-state index in [4.69, 9.17) is 18.7 Å². The zero-order valence-corrected chi connectivity index (χ0v) is 15.5. The van der Waals surface area contributed by atoms with Crippen molar-refractivity contribution in [1.29, 1.82) is 0 Å². The van der Waals surface area contributed by atoms with Gasteiger partial charge in [0.2, 0.25) is 17.6 Å². The molecule has 0 radical (unpaired) electrons. The highest BCUT2D eigenvalue weighted by atomic mass is 16.6. The minimum absolute atomic E-state index is 0.0938. The van der Waals surface area contributed by atoms with Gasteiger partial charge in [-0.15, -0.1) is 0 Å². The fraction of sp³-hybridized carbons (Fsp3) is 0.526. The van der Waals surface area contributed by atoms with Crippen LogP contribution in [0.3, 0.4) is 0 Å². The van der Waals surface area contributed by atoms with Crippen LogP contribution in [0.5, 0.6) is 5.75 Å². The van der Waals surface area contributed by atoms with Gasteiger partial charge in [0, 0.05) is 12.8 Å². The molecule has 4 rings (SSSR count). The number of ether oxygens (including phenoxy) is 3. The van der Waals surface area contributed by atoms with Crippen molar-refractivity contribution >= 4 is 5.91 Å². The Morgan fingerprint density at radius 1 is 1.29 bits per heavy atom. The number of carbonyl (C=O) groups excluding carboxylic acids is 1. The van der Waals surface area contributed by atoms with E-state index in [2.05, 4.69) is 15.5 Å². The van der Waals surface area contributed by atoms with Crippen molar-refractivity contribution in [1.82, 2.24) is 15.5 Å². The summed E-state index contributed by atoms with van der Waals surface area (Å²) in [6.07, 6.45) is 0.142. The number of aromatic nitrogens is 2. The van der Waals surface area contributed by atoms with Crippen molar-refractivity contribution in [2.75, 3.05) is 20.3 Å². The molecule has 0 spiro atoms. The Kier molecular flexibility index (Phi) is 5.56. The number of para-hydroxylation sites is 1. The fourth-order valence-electron chi connectivity index (χ4n) is 3.58. The van der Waals surface area contributed by atoms with Crippen molar-refractivity contribution in [3.05, 3.63) is 30.2 Å². The SMILES string of the molecule is COc1ccccc1-c1noc(CCCC(=O)N[C@H]2CO[C@H]3[C@@H]2OC[C@@H]3O)n1. The van der Waals surface area contributed by atoms with Crippen LogP contribution in [0, 0.1) is 0 Å². The van der Waals surface area contributed by atoms with E-state index in [0.29, 0.717) is 43.3 Å². The lowest BCUT2D eigenvalue weighted by molar-refractivity contribution is -0.122. The average molecular weight is 389 g/mol. The molecule has 4 atom stereocenters. The number of rotatable bonds is 7. The maximum Gasteiger partial charge on any atom is 0.226 e. The molecule has 0 aliphatic carbocycles. The largest absolute Gasteiger partial charge is 0.496 e. The van der Waals surface area contributed by atoms with Gasteiger partial charge < -0.3 is 29.2 Å². The van der Waals surface area contributed by atoms with Gasteiger partial charge in [-0.2, -0.15) is 4.98 Å². The zero-order chi connectivity index (χ0) is 19.5. The summed E-state index contributed by atoms with van der Waals surface area (Å²) in [5, 5.41) is 16.7. The number of benzene rings is 1. The molecule has 1 amide bonds. The highest BCUT2D eigenvalue weighted by Gasteiger charge is 2.47. The van der Waals surface area contributed by atoms with Crippen molar-refractivity contribution < 1.29 is 28.6 Å². The molecule has 150 valence electrons. The van der Waals surface area contributed by atoms with Gasteiger partial charge in [0.15, 0.2) is 0 Å². The quantitative estimate of drug-likeness (QED) is 0.711. The fourth-order valence-corrected chi connectivity index (χ4v) is 3.58. The van der Waals surface area contributed by atoms with Crippen molar-refractivity contribution in [3.63, 3.8) is 0 Å². The Labute approximate surface area is 162 Å². The Bertz CT molecular complexity index is 826.